The van der Waals surface area contributed by atoms with Gasteiger partial charge in [0.15, 0.2) is 5.65 Å². The molecule has 0 fully saturated rings. The quantitative estimate of drug-likeness (QED) is 0.290. The van der Waals surface area contributed by atoms with Gasteiger partial charge in [0.2, 0.25) is 5.91 Å². The smallest absolute Gasteiger partial charge is 0.235 e. The minimum Gasteiger partial charge on any atom is -0.310 e. The Balaban J connectivity index is 1.42. The van der Waals surface area contributed by atoms with Crippen molar-refractivity contribution in [3.05, 3.63) is 78.2 Å². The fourth-order valence-corrected chi connectivity index (χ4v) is 4.51. The molecule has 0 unspecified atom stereocenters. The molecule has 34 heavy (non-hydrogen) atoms. The van der Waals surface area contributed by atoms with Crippen LogP contribution in [0.15, 0.2) is 72.1 Å². The summed E-state index contributed by atoms with van der Waals surface area (Å²) in [6, 6.07) is 18.0. The first kappa shape index (κ1) is 21.8. The number of aromatic nitrogens is 6. The summed E-state index contributed by atoms with van der Waals surface area (Å²) < 4.78 is 3.46. The van der Waals surface area contributed by atoms with Crippen LogP contribution < -0.4 is 5.32 Å². The van der Waals surface area contributed by atoms with Gasteiger partial charge in [-0.1, -0.05) is 47.7 Å². The Morgan fingerprint density at radius 1 is 1.06 bits per heavy atom. The summed E-state index contributed by atoms with van der Waals surface area (Å²) in [6.45, 7) is 4.12. The summed E-state index contributed by atoms with van der Waals surface area (Å²) in [4.78, 5) is 21.5. The van der Waals surface area contributed by atoms with Crippen molar-refractivity contribution in [2.45, 2.75) is 18.9 Å². The average Bonchev–Trinajstić information content (AvgIpc) is 3.44. The number of carbonyl (C=O) groups is 1. The maximum Gasteiger partial charge on any atom is 0.235 e. The van der Waals surface area contributed by atoms with Gasteiger partial charge in [0.05, 0.1) is 28.7 Å². The van der Waals surface area contributed by atoms with Gasteiger partial charge in [-0.25, -0.2) is 14.6 Å². The molecule has 0 radical (unpaired) electrons. The minimum absolute atomic E-state index is 0.148. The number of para-hydroxylation sites is 1. The summed E-state index contributed by atoms with van der Waals surface area (Å²) >= 11 is 1.35. The number of aryl methyl sites for hydroxylation is 3. The van der Waals surface area contributed by atoms with Crippen LogP contribution in [0.5, 0.6) is 0 Å². The Labute approximate surface area is 201 Å². The molecule has 1 N–H and O–H groups in total. The molecule has 8 nitrogen and oxygen atoms in total. The Morgan fingerprint density at radius 2 is 1.88 bits per heavy atom. The zero-order valence-corrected chi connectivity index (χ0v) is 19.9. The molecule has 0 atom stereocenters. The van der Waals surface area contributed by atoms with Crippen LogP contribution in [-0.2, 0) is 11.8 Å². The highest BCUT2D eigenvalue weighted by Crippen LogP contribution is 2.29. The Morgan fingerprint density at radius 3 is 2.71 bits per heavy atom. The van der Waals surface area contributed by atoms with Crippen molar-refractivity contribution in [2.75, 3.05) is 11.1 Å². The van der Waals surface area contributed by atoms with Gasteiger partial charge in [0.25, 0.3) is 0 Å². The Hall–Kier alpha value is -3.98. The van der Waals surface area contributed by atoms with E-state index in [2.05, 4.69) is 52.4 Å². The van der Waals surface area contributed by atoms with Crippen molar-refractivity contribution in [1.82, 2.24) is 29.5 Å². The number of amides is 1. The monoisotopic (exact) mass is 469 g/mol. The lowest BCUT2D eigenvalue weighted by Gasteiger charge is -2.09. The van der Waals surface area contributed by atoms with Gasteiger partial charge < -0.3 is 5.32 Å². The van der Waals surface area contributed by atoms with Crippen LogP contribution in [0, 0.1) is 13.8 Å². The molecule has 0 spiro atoms. The van der Waals surface area contributed by atoms with Crippen LogP contribution in [0.25, 0.3) is 28.0 Å². The van der Waals surface area contributed by atoms with Gasteiger partial charge in [-0.15, -0.1) is 0 Å². The van der Waals surface area contributed by atoms with E-state index in [1.807, 2.05) is 43.4 Å². The van der Waals surface area contributed by atoms with Crippen molar-refractivity contribution in [2.24, 2.45) is 7.05 Å². The topological polar surface area (TPSA) is 90.5 Å². The van der Waals surface area contributed by atoms with E-state index in [0.29, 0.717) is 5.82 Å². The summed E-state index contributed by atoms with van der Waals surface area (Å²) in [7, 11) is 1.83. The van der Waals surface area contributed by atoms with E-state index in [9.17, 15) is 4.79 Å². The molecule has 0 aliphatic heterocycles. The van der Waals surface area contributed by atoms with E-state index in [1.54, 1.807) is 15.6 Å². The number of thioether (sulfide) groups is 1. The summed E-state index contributed by atoms with van der Waals surface area (Å²) in [5.41, 5.74) is 5.73. The van der Waals surface area contributed by atoms with Gasteiger partial charge >= 0.3 is 0 Å². The second-order valence-corrected chi connectivity index (χ2v) is 8.97. The SMILES string of the molecule is Cc1ccc(C)c(-c2cc(NC(=O)CSc3ncnc4c3cnn4C)n(-c3ccccc3)n2)c1. The van der Waals surface area contributed by atoms with Crippen molar-refractivity contribution >= 4 is 34.5 Å². The molecule has 9 heteroatoms. The second kappa shape index (κ2) is 9.11. The van der Waals surface area contributed by atoms with Crippen molar-refractivity contribution in [3.8, 4) is 16.9 Å². The molecule has 0 aliphatic carbocycles. The van der Waals surface area contributed by atoms with E-state index < -0.39 is 0 Å². The molecule has 170 valence electrons. The summed E-state index contributed by atoms with van der Waals surface area (Å²) in [5.74, 6) is 0.659. The molecule has 0 bridgehead atoms. The second-order valence-electron chi connectivity index (χ2n) is 8.00. The number of hydrogen-bond acceptors (Lipinski definition) is 6. The molecule has 2 aromatic carbocycles. The van der Waals surface area contributed by atoms with Gasteiger partial charge in [0, 0.05) is 18.7 Å². The number of benzene rings is 2. The highest BCUT2D eigenvalue weighted by molar-refractivity contribution is 8.00. The lowest BCUT2D eigenvalue weighted by molar-refractivity contribution is -0.113. The lowest BCUT2D eigenvalue weighted by atomic mass is 10.0. The zero-order chi connectivity index (χ0) is 23.7. The van der Waals surface area contributed by atoms with E-state index in [0.717, 1.165) is 44.1 Å². The fourth-order valence-electron chi connectivity index (χ4n) is 3.75. The molecular formula is C25H23N7OS. The molecule has 5 rings (SSSR count). The van der Waals surface area contributed by atoms with Gasteiger partial charge in [0.1, 0.15) is 17.2 Å². The van der Waals surface area contributed by atoms with Crippen LogP contribution in [0.2, 0.25) is 0 Å². The van der Waals surface area contributed by atoms with Crippen LogP contribution in [0.3, 0.4) is 0 Å². The average molecular weight is 470 g/mol. The third-order valence-corrected chi connectivity index (χ3v) is 6.48. The first-order valence-electron chi connectivity index (χ1n) is 10.8. The Kier molecular flexibility index (Phi) is 5.85. The highest BCUT2D eigenvalue weighted by Gasteiger charge is 2.16. The van der Waals surface area contributed by atoms with E-state index in [-0.39, 0.29) is 11.7 Å². The van der Waals surface area contributed by atoms with Crippen LogP contribution in [0.4, 0.5) is 5.82 Å². The number of carbonyl (C=O) groups excluding carboxylic acids is 1. The summed E-state index contributed by atoms with van der Waals surface area (Å²) in [5, 5.41) is 13.6. The first-order chi connectivity index (χ1) is 16.5. The maximum absolute atomic E-state index is 12.9. The van der Waals surface area contributed by atoms with E-state index in [1.165, 1.54) is 18.1 Å². The molecule has 0 saturated carbocycles. The van der Waals surface area contributed by atoms with Gasteiger partial charge in [-0.3, -0.25) is 9.48 Å². The predicted molar refractivity (Wildman–Crippen MR) is 134 cm³/mol. The molecule has 3 heterocycles. The van der Waals surface area contributed by atoms with Crippen LogP contribution >= 0.6 is 11.8 Å². The highest BCUT2D eigenvalue weighted by atomic mass is 32.2. The standard InChI is InChI=1S/C25H23N7OS/c1-16-9-10-17(2)19(11-16)21-12-22(32(30-21)18-7-5-4-6-8-18)29-23(33)14-34-25-20-13-28-31(3)24(20)26-15-27-25/h4-13,15H,14H2,1-3H3,(H,29,33). The third kappa shape index (κ3) is 4.29. The third-order valence-electron chi connectivity index (χ3n) is 5.48. The molecule has 3 aromatic heterocycles. The molecule has 5 aromatic rings. The summed E-state index contributed by atoms with van der Waals surface area (Å²) in [6.07, 6.45) is 3.21. The van der Waals surface area contributed by atoms with Crippen molar-refractivity contribution in [3.63, 3.8) is 0 Å². The Bertz CT molecular complexity index is 1490. The van der Waals surface area contributed by atoms with Crippen molar-refractivity contribution < 1.29 is 4.79 Å². The largest absolute Gasteiger partial charge is 0.310 e. The predicted octanol–water partition coefficient (Wildman–Crippen LogP) is 4.56. The lowest BCUT2D eigenvalue weighted by Crippen LogP contribution is -2.17. The van der Waals surface area contributed by atoms with Gasteiger partial charge in [-0.05, 0) is 37.6 Å². The normalized spacial score (nSPS) is 11.1. The molecular weight excluding hydrogens is 446 g/mol. The van der Waals surface area contributed by atoms with Crippen LogP contribution in [-0.4, -0.2) is 41.2 Å². The number of nitrogens with zero attached hydrogens (tertiary/aromatic N) is 6. The van der Waals surface area contributed by atoms with E-state index >= 15 is 0 Å². The maximum atomic E-state index is 12.9. The molecule has 0 aliphatic rings. The first-order valence-corrected chi connectivity index (χ1v) is 11.8. The van der Waals surface area contributed by atoms with E-state index in [4.69, 9.17) is 5.10 Å². The minimum atomic E-state index is -0.148. The molecule has 0 saturated heterocycles. The van der Waals surface area contributed by atoms with Crippen LogP contribution in [0.1, 0.15) is 11.1 Å². The van der Waals surface area contributed by atoms with Crippen molar-refractivity contribution in [1.29, 1.82) is 0 Å². The zero-order valence-electron chi connectivity index (χ0n) is 19.1. The number of rotatable bonds is 6. The number of nitrogens with one attached hydrogen (secondary N) is 1. The molecule has 1 amide bonds. The number of fused-ring (bicyclic) bond motifs is 1. The number of anilines is 1. The fraction of sp³-hybridized carbons (Fsp3) is 0.160. The van der Waals surface area contributed by atoms with Gasteiger partial charge in [-0.2, -0.15) is 10.2 Å². The number of hydrogen-bond donors (Lipinski definition) is 1.